The molecular weight excluding hydrogens is 426 g/mol. The predicted molar refractivity (Wildman–Crippen MR) is 135 cm³/mol. The van der Waals surface area contributed by atoms with E-state index in [0.29, 0.717) is 24.5 Å². The maximum atomic E-state index is 13.6. The van der Waals surface area contributed by atoms with E-state index in [1.807, 2.05) is 25.3 Å². The lowest BCUT2D eigenvalue weighted by atomic mass is 9.93. The summed E-state index contributed by atoms with van der Waals surface area (Å²) in [4.78, 5) is 22.3. The number of benzene rings is 1. The molecule has 2 aromatic rings. The van der Waals surface area contributed by atoms with Crippen molar-refractivity contribution in [3.63, 3.8) is 0 Å². The first-order chi connectivity index (χ1) is 16.5. The minimum Gasteiger partial charge on any atom is -0.472 e. The Hall–Kier alpha value is -2.70. The van der Waals surface area contributed by atoms with Crippen LogP contribution in [0.3, 0.4) is 0 Å². The number of aliphatic hydroxyl groups excluding tert-OH is 1. The number of allylic oxidation sites excluding steroid dienone is 2. The van der Waals surface area contributed by atoms with Crippen LogP contribution in [0.15, 0.2) is 48.7 Å². The van der Waals surface area contributed by atoms with E-state index >= 15 is 0 Å². The van der Waals surface area contributed by atoms with Crippen LogP contribution in [0.4, 0.5) is 0 Å². The molecule has 4 rings (SSSR count). The van der Waals surface area contributed by atoms with Gasteiger partial charge in [0.25, 0.3) is 5.91 Å². The molecule has 0 saturated heterocycles. The summed E-state index contributed by atoms with van der Waals surface area (Å²) in [5.41, 5.74) is 3.99. The molecule has 3 atom stereocenters. The van der Waals surface area contributed by atoms with E-state index in [2.05, 4.69) is 54.2 Å². The van der Waals surface area contributed by atoms with Gasteiger partial charge in [0.15, 0.2) is 0 Å². The molecular formula is C28H37N3O3. The van der Waals surface area contributed by atoms with E-state index < -0.39 is 0 Å². The lowest BCUT2D eigenvalue weighted by Gasteiger charge is -2.37. The SMILES string of the molecule is C[C@@H]1CN([C@H](C)CO)C(=O)c2cc(C3=CCCCC3)cnc2O[C@@H]1CN(C)Cc1ccccc1. The normalized spacial score (nSPS) is 21.9. The number of aliphatic hydroxyl groups is 1. The Morgan fingerprint density at radius 1 is 1.26 bits per heavy atom. The number of likely N-dealkylation sites (N-methyl/N-ethyl adjacent to an activating group) is 1. The second-order valence-electron chi connectivity index (χ2n) is 9.86. The maximum Gasteiger partial charge on any atom is 0.259 e. The van der Waals surface area contributed by atoms with E-state index in [-0.39, 0.29) is 30.6 Å². The Labute approximate surface area is 203 Å². The van der Waals surface area contributed by atoms with E-state index in [1.54, 1.807) is 4.90 Å². The predicted octanol–water partition coefficient (Wildman–Crippen LogP) is 4.39. The summed E-state index contributed by atoms with van der Waals surface area (Å²) in [6.07, 6.45) is 8.42. The third kappa shape index (κ3) is 5.68. The Bertz CT molecular complexity index is 1010. The molecule has 182 valence electrons. The van der Waals surface area contributed by atoms with Crippen molar-refractivity contribution in [2.75, 3.05) is 26.7 Å². The number of amides is 1. The van der Waals surface area contributed by atoms with Crippen LogP contribution in [-0.2, 0) is 6.54 Å². The highest BCUT2D eigenvalue weighted by atomic mass is 16.5. The van der Waals surface area contributed by atoms with Crippen LogP contribution in [0.25, 0.3) is 5.57 Å². The van der Waals surface area contributed by atoms with Crippen molar-refractivity contribution in [2.45, 2.75) is 58.2 Å². The molecule has 2 heterocycles. The van der Waals surface area contributed by atoms with E-state index in [0.717, 1.165) is 31.4 Å². The quantitative estimate of drug-likeness (QED) is 0.660. The van der Waals surface area contributed by atoms with Crippen molar-refractivity contribution in [2.24, 2.45) is 5.92 Å². The van der Waals surface area contributed by atoms with E-state index in [4.69, 9.17) is 4.74 Å². The van der Waals surface area contributed by atoms with Crippen LogP contribution in [-0.4, -0.2) is 64.7 Å². The largest absolute Gasteiger partial charge is 0.472 e. The molecule has 0 saturated carbocycles. The third-order valence-corrected chi connectivity index (χ3v) is 6.97. The second kappa shape index (κ2) is 11.2. The second-order valence-corrected chi connectivity index (χ2v) is 9.86. The van der Waals surface area contributed by atoms with Crippen molar-refractivity contribution in [1.29, 1.82) is 0 Å². The molecule has 0 bridgehead atoms. The monoisotopic (exact) mass is 463 g/mol. The zero-order valence-corrected chi connectivity index (χ0v) is 20.6. The lowest BCUT2D eigenvalue weighted by molar-refractivity contribution is 0.0325. The van der Waals surface area contributed by atoms with Crippen molar-refractivity contribution in [1.82, 2.24) is 14.8 Å². The van der Waals surface area contributed by atoms with E-state index in [1.165, 1.54) is 17.6 Å². The van der Waals surface area contributed by atoms with Gasteiger partial charge in [0.1, 0.15) is 11.7 Å². The Morgan fingerprint density at radius 2 is 2.06 bits per heavy atom. The fourth-order valence-corrected chi connectivity index (χ4v) is 4.86. The van der Waals surface area contributed by atoms with Gasteiger partial charge in [-0.3, -0.25) is 9.69 Å². The summed E-state index contributed by atoms with van der Waals surface area (Å²) in [5.74, 6) is 0.349. The minimum atomic E-state index is -0.277. The molecule has 1 aromatic heterocycles. The molecule has 1 aliphatic heterocycles. The zero-order chi connectivity index (χ0) is 24.1. The standard InChI is InChI=1S/C28H37N3O3/c1-20-16-31(21(2)19-32)28(33)25-14-24(23-12-8-5-9-13-23)15-29-27(25)34-26(20)18-30(3)17-22-10-6-4-7-11-22/h4,6-7,10-12,14-15,20-21,26,32H,5,8-9,13,16-19H2,1-3H3/t20-,21-,26-/m1/s1. The van der Waals surface area contributed by atoms with Gasteiger partial charge in [0.05, 0.1) is 12.6 Å². The molecule has 1 aromatic carbocycles. The van der Waals surface area contributed by atoms with Crippen LogP contribution in [0, 0.1) is 5.92 Å². The first-order valence-electron chi connectivity index (χ1n) is 12.5. The highest BCUT2D eigenvalue weighted by Crippen LogP contribution is 2.32. The fraction of sp³-hybridized carbons (Fsp3) is 0.500. The minimum absolute atomic E-state index is 0.0758. The van der Waals surface area contributed by atoms with Crippen LogP contribution >= 0.6 is 0 Å². The summed E-state index contributed by atoms with van der Waals surface area (Å²) in [5, 5.41) is 9.88. The number of hydrogen-bond donors (Lipinski definition) is 1. The number of nitrogens with zero attached hydrogens (tertiary/aromatic N) is 3. The van der Waals surface area contributed by atoms with Crippen molar-refractivity contribution in [3.8, 4) is 5.88 Å². The summed E-state index contributed by atoms with van der Waals surface area (Å²) in [7, 11) is 2.09. The number of ether oxygens (including phenoxy) is 1. The molecule has 6 heteroatoms. The molecule has 0 unspecified atom stereocenters. The molecule has 1 aliphatic carbocycles. The van der Waals surface area contributed by atoms with Crippen LogP contribution in [0.5, 0.6) is 5.88 Å². The molecule has 0 fully saturated rings. The van der Waals surface area contributed by atoms with Crippen LogP contribution in [0.2, 0.25) is 0 Å². The molecule has 0 spiro atoms. The average molecular weight is 464 g/mol. The summed E-state index contributed by atoms with van der Waals surface area (Å²) in [6.45, 7) is 5.97. The lowest BCUT2D eigenvalue weighted by Crippen LogP contribution is -2.49. The summed E-state index contributed by atoms with van der Waals surface area (Å²) in [6, 6.07) is 12.0. The average Bonchev–Trinajstić information content (AvgIpc) is 2.86. The highest BCUT2D eigenvalue weighted by Gasteiger charge is 2.34. The summed E-state index contributed by atoms with van der Waals surface area (Å²) < 4.78 is 6.45. The van der Waals surface area contributed by atoms with Gasteiger partial charge < -0.3 is 14.7 Å². The number of pyridine rings is 1. The maximum absolute atomic E-state index is 13.6. The Kier molecular flexibility index (Phi) is 8.01. The van der Waals surface area contributed by atoms with Crippen LogP contribution in [0.1, 0.15) is 61.0 Å². The van der Waals surface area contributed by atoms with Gasteiger partial charge >= 0.3 is 0 Å². The topological polar surface area (TPSA) is 65.9 Å². The molecule has 1 N–H and O–H groups in total. The molecule has 1 amide bonds. The molecule has 34 heavy (non-hydrogen) atoms. The number of aromatic nitrogens is 1. The van der Waals surface area contributed by atoms with Gasteiger partial charge in [0.2, 0.25) is 5.88 Å². The van der Waals surface area contributed by atoms with Gasteiger partial charge in [-0.1, -0.05) is 43.3 Å². The van der Waals surface area contributed by atoms with Crippen molar-refractivity contribution in [3.05, 3.63) is 65.4 Å². The van der Waals surface area contributed by atoms with Crippen molar-refractivity contribution < 1.29 is 14.6 Å². The smallest absolute Gasteiger partial charge is 0.259 e. The first-order valence-corrected chi connectivity index (χ1v) is 12.5. The van der Waals surface area contributed by atoms with E-state index in [9.17, 15) is 9.90 Å². The first kappa shape index (κ1) is 24.4. The van der Waals surface area contributed by atoms with Gasteiger partial charge in [-0.2, -0.15) is 0 Å². The fourth-order valence-electron chi connectivity index (χ4n) is 4.86. The molecule has 0 radical (unpaired) electrons. The highest BCUT2D eigenvalue weighted by molar-refractivity contribution is 5.97. The zero-order valence-electron chi connectivity index (χ0n) is 20.6. The Morgan fingerprint density at radius 3 is 2.76 bits per heavy atom. The Balaban J connectivity index is 1.63. The number of hydrogen-bond acceptors (Lipinski definition) is 5. The number of rotatable bonds is 7. The third-order valence-electron chi connectivity index (χ3n) is 6.97. The van der Waals surface area contributed by atoms with Gasteiger partial charge in [-0.05, 0) is 62.4 Å². The van der Waals surface area contributed by atoms with Gasteiger partial charge in [0, 0.05) is 31.7 Å². The van der Waals surface area contributed by atoms with Gasteiger partial charge in [-0.15, -0.1) is 0 Å². The number of carbonyl (C=O) groups is 1. The van der Waals surface area contributed by atoms with Crippen LogP contribution < -0.4 is 4.74 Å². The number of fused-ring (bicyclic) bond motifs is 1. The number of carbonyl (C=O) groups excluding carboxylic acids is 1. The van der Waals surface area contributed by atoms with Gasteiger partial charge in [-0.25, -0.2) is 4.98 Å². The van der Waals surface area contributed by atoms with Crippen molar-refractivity contribution >= 4 is 11.5 Å². The molecule has 2 aliphatic rings. The molecule has 6 nitrogen and oxygen atoms in total. The summed E-state index contributed by atoms with van der Waals surface area (Å²) >= 11 is 0.